The standard InChI is InChI=1S/C17H22N4O2S/c18-16-15-13(19-24-20-16)4-1-5-14(15)23-10-11-3-2-8-21(9-11)17(22)12-6-7-12/h1,4-5,11-12,19H,2-3,6-10H2,(H2,18,20)/t11-/m0/s1. The average molecular weight is 346 g/mol. The number of fused-ring (bicyclic) bond motifs is 1. The van der Waals surface area contributed by atoms with Gasteiger partial charge in [-0.2, -0.15) is 4.40 Å². The Hall–Kier alpha value is -1.89. The summed E-state index contributed by atoms with van der Waals surface area (Å²) in [6.45, 7) is 2.31. The van der Waals surface area contributed by atoms with Gasteiger partial charge in [0.05, 0.1) is 30.0 Å². The third-order valence-electron chi connectivity index (χ3n) is 4.81. The van der Waals surface area contributed by atoms with Crippen molar-refractivity contribution in [2.75, 3.05) is 24.4 Å². The van der Waals surface area contributed by atoms with Crippen LogP contribution in [-0.2, 0) is 4.79 Å². The number of rotatable bonds is 4. The third-order valence-corrected chi connectivity index (χ3v) is 5.41. The molecule has 128 valence electrons. The van der Waals surface area contributed by atoms with Crippen LogP contribution in [0.3, 0.4) is 0 Å². The smallest absolute Gasteiger partial charge is 0.225 e. The lowest BCUT2D eigenvalue weighted by molar-refractivity contribution is -0.134. The minimum atomic E-state index is 0.297. The second kappa shape index (κ2) is 6.55. The molecular weight excluding hydrogens is 324 g/mol. The SMILES string of the molecule is NC1=NSNc2cccc(OC[C@H]3CCCN(C(=O)C4CC4)C3)c21. The molecule has 7 heteroatoms. The minimum Gasteiger partial charge on any atom is -0.492 e. The number of hydrogen-bond acceptors (Lipinski definition) is 6. The second-order valence-corrected chi connectivity index (χ2v) is 7.30. The van der Waals surface area contributed by atoms with E-state index in [1.807, 2.05) is 23.1 Å². The molecule has 1 atom stereocenters. The van der Waals surface area contributed by atoms with Crippen molar-refractivity contribution >= 4 is 29.6 Å². The highest BCUT2D eigenvalue weighted by atomic mass is 32.2. The van der Waals surface area contributed by atoms with Crippen molar-refractivity contribution in [1.82, 2.24) is 4.90 Å². The molecule has 0 spiro atoms. The summed E-state index contributed by atoms with van der Waals surface area (Å²) >= 11 is 1.23. The van der Waals surface area contributed by atoms with E-state index in [2.05, 4.69) is 9.12 Å². The molecule has 0 radical (unpaired) electrons. The molecule has 1 aliphatic carbocycles. The average Bonchev–Trinajstić information content (AvgIpc) is 3.45. The maximum Gasteiger partial charge on any atom is 0.225 e. The van der Waals surface area contributed by atoms with Gasteiger partial charge in [-0.05, 0) is 37.8 Å². The normalized spacial score (nSPS) is 23.1. The molecule has 2 fully saturated rings. The van der Waals surface area contributed by atoms with Crippen molar-refractivity contribution in [3.8, 4) is 5.75 Å². The molecule has 0 aromatic heterocycles. The fourth-order valence-corrected chi connectivity index (χ4v) is 3.87. The Bertz CT molecular complexity index is 675. The molecule has 1 aromatic carbocycles. The van der Waals surface area contributed by atoms with Crippen molar-refractivity contribution in [3.05, 3.63) is 23.8 Å². The van der Waals surface area contributed by atoms with Crippen molar-refractivity contribution in [2.45, 2.75) is 25.7 Å². The number of carbonyl (C=O) groups excluding carboxylic acids is 1. The first-order chi connectivity index (χ1) is 11.7. The van der Waals surface area contributed by atoms with Crippen LogP contribution in [0.15, 0.2) is 22.6 Å². The van der Waals surface area contributed by atoms with Gasteiger partial charge < -0.3 is 20.1 Å². The Balaban J connectivity index is 1.40. The Morgan fingerprint density at radius 3 is 3.12 bits per heavy atom. The lowest BCUT2D eigenvalue weighted by atomic mass is 9.98. The molecule has 2 aliphatic heterocycles. The van der Waals surface area contributed by atoms with Gasteiger partial charge in [0.1, 0.15) is 11.6 Å². The number of amides is 1. The number of piperidine rings is 1. The lowest BCUT2D eigenvalue weighted by Crippen LogP contribution is -2.42. The third kappa shape index (κ3) is 3.17. The molecule has 0 unspecified atom stereocenters. The van der Waals surface area contributed by atoms with Gasteiger partial charge in [-0.1, -0.05) is 6.07 Å². The number of carbonyl (C=O) groups is 1. The summed E-state index contributed by atoms with van der Waals surface area (Å²) in [6, 6.07) is 5.84. The summed E-state index contributed by atoms with van der Waals surface area (Å²) in [5.41, 5.74) is 7.78. The molecule has 0 bridgehead atoms. The van der Waals surface area contributed by atoms with Crippen LogP contribution in [0.1, 0.15) is 31.2 Å². The van der Waals surface area contributed by atoms with E-state index in [9.17, 15) is 4.79 Å². The van der Waals surface area contributed by atoms with Gasteiger partial charge in [-0.25, -0.2) is 0 Å². The number of nitrogens with one attached hydrogen (secondary N) is 1. The summed E-state index contributed by atoms with van der Waals surface area (Å²) in [5.74, 6) is 2.26. The quantitative estimate of drug-likeness (QED) is 0.819. The zero-order chi connectivity index (χ0) is 16.5. The predicted molar refractivity (Wildman–Crippen MR) is 95.9 cm³/mol. The van der Waals surface area contributed by atoms with Crippen molar-refractivity contribution < 1.29 is 9.53 Å². The topological polar surface area (TPSA) is 80.0 Å². The molecule has 1 aromatic rings. The number of nitrogens with two attached hydrogens (primary N) is 1. The number of anilines is 1. The van der Waals surface area contributed by atoms with Crippen LogP contribution in [0.5, 0.6) is 5.75 Å². The van der Waals surface area contributed by atoms with E-state index in [0.717, 1.165) is 55.8 Å². The summed E-state index contributed by atoms with van der Waals surface area (Å²) in [7, 11) is 0. The van der Waals surface area contributed by atoms with Crippen LogP contribution in [0.2, 0.25) is 0 Å². The van der Waals surface area contributed by atoms with Crippen molar-refractivity contribution in [3.63, 3.8) is 0 Å². The Labute approximate surface area is 146 Å². The number of ether oxygens (including phenoxy) is 1. The van der Waals surface area contributed by atoms with E-state index in [1.54, 1.807) is 0 Å². The van der Waals surface area contributed by atoms with Crippen LogP contribution in [-0.4, -0.2) is 36.3 Å². The Morgan fingerprint density at radius 1 is 1.42 bits per heavy atom. The van der Waals surface area contributed by atoms with E-state index in [-0.39, 0.29) is 0 Å². The maximum atomic E-state index is 12.3. The molecule has 4 rings (SSSR count). The number of hydrogen-bond donors (Lipinski definition) is 2. The van der Waals surface area contributed by atoms with Gasteiger partial charge in [-0.3, -0.25) is 4.79 Å². The van der Waals surface area contributed by atoms with Crippen LogP contribution in [0, 0.1) is 11.8 Å². The summed E-state index contributed by atoms with van der Waals surface area (Å²) in [4.78, 5) is 14.3. The highest BCUT2D eigenvalue weighted by molar-refractivity contribution is 7.99. The van der Waals surface area contributed by atoms with Gasteiger partial charge >= 0.3 is 0 Å². The summed E-state index contributed by atoms with van der Waals surface area (Å²) in [5, 5.41) is 0. The molecule has 3 N–H and O–H groups in total. The fourth-order valence-electron chi connectivity index (χ4n) is 3.36. The van der Waals surface area contributed by atoms with Gasteiger partial charge in [0.15, 0.2) is 0 Å². The van der Waals surface area contributed by atoms with E-state index >= 15 is 0 Å². The van der Waals surface area contributed by atoms with Gasteiger partial charge in [0, 0.05) is 24.9 Å². The van der Waals surface area contributed by atoms with E-state index in [0.29, 0.717) is 30.2 Å². The van der Waals surface area contributed by atoms with Crippen molar-refractivity contribution in [1.29, 1.82) is 0 Å². The van der Waals surface area contributed by atoms with Gasteiger partial charge in [0.25, 0.3) is 0 Å². The van der Waals surface area contributed by atoms with Crippen LogP contribution in [0.25, 0.3) is 0 Å². The molecule has 1 amide bonds. The molecule has 2 heterocycles. The molecular formula is C17H22N4O2S. The molecule has 6 nitrogen and oxygen atoms in total. The molecule has 3 aliphatic rings. The summed E-state index contributed by atoms with van der Waals surface area (Å²) < 4.78 is 13.4. The lowest BCUT2D eigenvalue weighted by Gasteiger charge is -2.33. The minimum absolute atomic E-state index is 0.297. The first-order valence-corrected chi connectivity index (χ1v) is 9.30. The molecule has 24 heavy (non-hydrogen) atoms. The monoisotopic (exact) mass is 346 g/mol. The number of likely N-dealkylation sites (tertiary alicyclic amines) is 1. The highest BCUT2D eigenvalue weighted by Gasteiger charge is 2.35. The van der Waals surface area contributed by atoms with Gasteiger partial charge in [0.2, 0.25) is 5.91 Å². The van der Waals surface area contributed by atoms with Crippen molar-refractivity contribution in [2.24, 2.45) is 22.0 Å². The first kappa shape index (κ1) is 15.6. The number of nitrogens with zero attached hydrogens (tertiary/aromatic N) is 2. The maximum absolute atomic E-state index is 12.3. The van der Waals surface area contributed by atoms with Crippen LogP contribution in [0.4, 0.5) is 5.69 Å². The summed E-state index contributed by atoms with van der Waals surface area (Å²) in [6.07, 6.45) is 4.29. The molecule has 1 saturated carbocycles. The second-order valence-electron chi connectivity index (χ2n) is 6.73. The Morgan fingerprint density at radius 2 is 2.29 bits per heavy atom. The highest BCUT2D eigenvalue weighted by Crippen LogP contribution is 2.34. The van der Waals surface area contributed by atoms with Gasteiger partial charge in [-0.15, -0.1) is 0 Å². The largest absolute Gasteiger partial charge is 0.492 e. The predicted octanol–water partition coefficient (Wildman–Crippen LogP) is 2.41. The number of amidine groups is 1. The number of benzene rings is 1. The molecule has 1 saturated heterocycles. The van der Waals surface area contributed by atoms with E-state index in [1.165, 1.54) is 12.1 Å². The first-order valence-electron chi connectivity index (χ1n) is 8.53. The van der Waals surface area contributed by atoms with E-state index < -0.39 is 0 Å². The van der Waals surface area contributed by atoms with Crippen LogP contribution < -0.4 is 15.2 Å². The van der Waals surface area contributed by atoms with E-state index in [4.69, 9.17) is 10.5 Å². The fraction of sp³-hybridized carbons (Fsp3) is 0.529. The zero-order valence-electron chi connectivity index (χ0n) is 13.5. The zero-order valence-corrected chi connectivity index (χ0v) is 14.3. The van der Waals surface area contributed by atoms with Crippen LogP contribution >= 0.6 is 12.1 Å². The Kier molecular flexibility index (Phi) is 4.26.